The largest absolute Gasteiger partial charge is 0.464 e. The van der Waals surface area contributed by atoms with Crippen LogP contribution in [0.1, 0.15) is 33.1 Å². The van der Waals surface area contributed by atoms with Crippen molar-refractivity contribution in [1.82, 2.24) is 0 Å². The molecule has 0 saturated carbocycles. The molecule has 0 aliphatic heterocycles. The highest BCUT2D eigenvalue weighted by molar-refractivity contribution is 7.53. The number of unbranched alkanes of at least 4 members (excludes halogenated alkanes) is 2. The van der Waals surface area contributed by atoms with Crippen molar-refractivity contribution in [3.8, 4) is 0 Å². The van der Waals surface area contributed by atoms with Gasteiger partial charge in [0.2, 0.25) is 0 Å². The molecule has 0 aromatic carbocycles. The first-order chi connectivity index (χ1) is 6.87. The van der Waals surface area contributed by atoms with Crippen LogP contribution in [0.2, 0.25) is 0 Å². The Balaban J connectivity index is 3.75. The fourth-order valence-electron chi connectivity index (χ4n) is 0.932. The quantitative estimate of drug-likeness (QED) is 0.391. The number of hydrogen-bond acceptors (Lipinski definition) is 4. The van der Waals surface area contributed by atoms with E-state index in [4.69, 9.17) is 15.7 Å². The molecule has 0 rings (SSSR count). The molecule has 0 amide bonds. The van der Waals surface area contributed by atoms with E-state index in [0.717, 1.165) is 19.3 Å². The summed E-state index contributed by atoms with van der Waals surface area (Å²) in [6, 6.07) is 0. The highest BCUT2D eigenvalue weighted by atomic mass is 31.2. The Labute approximate surface area is 89.9 Å². The van der Waals surface area contributed by atoms with Crippen LogP contribution in [0.25, 0.3) is 0 Å². The first-order valence-electron chi connectivity index (χ1n) is 4.89. The van der Waals surface area contributed by atoms with Crippen LogP contribution in [0.15, 0.2) is 0 Å². The molecular weight excluding hydrogens is 219 g/mol. The third-order valence-electron chi connectivity index (χ3n) is 1.65. The average molecular weight is 238 g/mol. The fraction of sp³-hybridized carbons (Fsp3) is 0.875. The van der Waals surface area contributed by atoms with Crippen LogP contribution in [0, 0.1) is 0 Å². The summed E-state index contributed by atoms with van der Waals surface area (Å²) in [5, 5.41) is 0. The van der Waals surface area contributed by atoms with Crippen molar-refractivity contribution in [3.63, 3.8) is 0 Å². The van der Waals surface area contributed by atoms with Gasteiger partial charge in [-0.3, -0.25) is 9.09 Å². The van der Waals surface area contributed by atoms with E-state index in [2.05, 4.69) is 4.52 Å². The van der Waals surface area contributed by atoms with Crippen molar-refractivity contribution in [2.45, 2.75) is 39.2 Å². The maximum atomic E-state index is 11.2. The topological polar surface area (TPSA) is 105 Å². The number of rotatable bonds is 7. The Bertz CT molecular complexity index is 241. The van der Waals surface area contributed by atoms with Gasteiger partial charge in [-0.1, -0.05) is 19.8 Å². The van der Waals surface area contributed by atoms with Crippen molar-refractivity contribution >= 4 is 13.6 Å². The zero-order valence-corrected chi connectivity index (χ0v) is 10.0. The highest BCUT2D eigenvalue weighted by Crippen LogP contribution is 2.28. The van der Waals surface area contributed by atoms with Gasteiger partial charge >= 0.3 is 13.6 Å². The van der Waals surface area contributed by atoms with Gasteiger partial charge < -0.3 is 4.74 Å². The summed E-state index contributed by atoms with van der Waals surface area (Å²) in [4.78, 5) is 11.2. The van der Waals surface area contributed by atoms with Crippen LogP contribution < -0.4 is 11.0 Å². The van der Waals surface area contributed by atoms with Crippen molar-refractivity contribution in [2.75, 3.05) is 6.61 Å². The van der Waals surface area contributed by atoms with Gasteiger partial charge in [-0.15, -0.1) is 0 Å². The maximum absolute atomic E-state index is 11.2. The number of nitrogens with two attached hydrogens (primary N) is 2. The number of carbonyl (C=O) groups excluding carboxylic acids is 1. The molecule has 0 unspecified atom stereocenters. The van der Waals surface area contributed by atoms with E-state index in [1.54, 1.807) is 0 Å². The van der Waals surface area contributed by atoms with Gasteiger partial charge in [0.1, 0.15) is 0 Å². The van der Waals surface area contributed by atoms with E-state index in [0.29, 0.717) is 6.61 Å². The second-order valence-corrected chi connectivity index (χ2v) is 4.77. The summed E-state index contributed by atoms with van der Waals surface area (Å²) in [6.45, 7) is 3.78. The Morgan fingerprint density at radius 1 is 1.40 bits per heavy atom. The molecule has 0 spiro atoms. The maximum Gasteiger partial charge on any atom is 0.336 e. The van der Waals surface area contributed by atoms with Gasteiger partial charge in [0.25, 0.3) is 0 Å². The molecule has 0 heterocycles. The SMILES string of the molecule is CCCCCOC(=O)[C@H](C)OP(N)(N)=O. The van der Waals surface area contributed by atoms with Crippen LogP contribution in [-0.2, 0) is 18.6 Å². The monoisotopic (exact) mass is 238 g/mol. The zero-order valence-electron chi connectivity index (χ0n) is 9.14. The highest BCUT2D eigenvalue weighted by Gasteiger charge is 2.22. The third-order valence-corrected chi connectivity index (χ3v) is 2.29. The van der Waals surface area contributed by atoms with Gasteiger partial charge in [0, 0.05) is 0 Å². The lowest BCUT2D eigenvalue weighted by atomic mass is 10.3. The first-order valence-corrected chi connectivity index (χ1v) is 6.65. The minimum atomic E-state index is -3.62. The van der Waals surface area contributed by atoms with Crippen LogP contribution in [0.4, 0.5) is 0 Å². The molecule has 0 aliphatic carbocycles. The molecule has 0 saturated heterocycles. The fourth-order valence-corrected chi connectivity index (χ4v) is 1.51. The number of hydrogen-bond donors (Lipinski definition) is 2. The Hall–Kier alpha value is -0.420. The van der Waals surface area contributed by atoms with Crippen LogP contribution in [0.5, 0.6) is 0 Å². The van der Waals surface area contributed by atoms with Gasteiger partial charge in [-0.2, -0.15) is 0 Å². The molecular formula is C8H19N2O4P. The standard InChI is InChI=1S/C8H19N2O4P/c1-3-4-5-6-13-8(11)7(2)14-15(9,10)12/h7H,3-6H2,1-2H3,(H4,9,10,12)/t7-/m0/s1. The smallest absolute Gasteiger partial charge is 0.336 e. The summed E-state index contributed by atoms with van der Waals surface area (Å²) >= 11 is 0. The van der Waals surface area contributed by atoms with Gasteiger partial charge in [0.15, 0.2) is 6.10 Å². The Morgan fingerprint density at radius 2 is 2.00 bits per heavy atom. The molecule has 0 bridgehead atoms. The van der Waals surface area contributed by atoms with Crippen LogP contribution >= 0.6 is 7.67 Å². The molecule has 15 heavy (non-hydrogen) atoms. The predicted octanol–water partition coefficient (Wildman–Crippen LogP) is 1.15. The molecule has 0 aliphatic rings. The van der Waals surface area contributed by atoms with Crippen LogP contribution in [0.3, 0.4) is 0 Å². The van der Waals surface area contributed by atoms with E-state index in [9.17, 15) is 9.36 Å². The minimum absolute atomic E-state index is 0.333. The van der Waals surface area contributed by atoms with Crippen molar-refractivity contribution < 1.29 is 18.6 Å². The van der Waals surface area contributed by atoms with Crippen LogP contribution in [-0.4, -0.2) is 18.7 Å². The Morgan fingerprint density at radius 3 is 2.47 bits per heavy atom. The number of esters is 1. The van der Waals surface area contributed by atoms with Gasteiger partial charge in [-0.25, -0.2) is 15.8 Å². The predicted molar refractivity (Wildman–Crippen MR) is 57.0 cm³/mol. The number of ether oxygens (including phenoxy) is 1. The normalized spacial score (nSPS) is 13.6. The lowest BCUT2D eigenvalue weighted by molar-refractivity contribution is -0.151. The third kappa shape index (κ3) is 8.57. The van der Waals surface area contributed by atoms with Gasteiger partial charge in [0.05, 0.1) is 6.61 Å². The van der Waals surface area contributed by atoms with E-state index in [1.165, 1.54) is 6.92 Å². The summed E-state index contributed by atoms with van der Waals surface area (Å²) in [5.41, 5.74) is 9.91. The average Bonchev–Trinajstić information content (AvgIpc) is 2.09. The first kappa shape index (κ1) is 14.6. The van der Waals surface area contributed by atoms with Crippen molar-refractivity contribution in [2.24, 2.45) is 11.0 Å². The Kier molecular flexibility index (Phi) is 6.76. The minimum Gasteiger partial charge on any atom is -0.464 e. The second kappa shape index (κ2) is 6.95. The molecule has 0 radical (unpaired) electrons. The van der Waals surface area contributed by atoms with E-state index < -0.39 is 19.7 Å². The lowest BCUT2D eigenvalue weighted by Crippen LogP contribution is -2.26. The van der Waals surface area contributed by atoms with Crippen molar-refractivity contribution in [1.29, 1.82) is 0 Å². The molecule has 6 nitrogen and oxygen atoms in total. The molecule has 7 heteroatoms. The summed E-state index contributed by atoms with van der Waals surface area (Å²) < 4.78 is 20.3. The van der Waals surface area contributed by atoms with E-state index >= 15 is 0 Å². The molecule has 1 atom stereocenters. The molecule has 4 N–H and O–H groups in total. The molecule has 0 aromatic heterocycles. The molecule has 0 fully saturated rings. The lowest BCUT2D eigenvalue weighted by Gasteiger charge is -2.14. The summed E-state index contributed by atoms with van der Waals surface area (Å²) in [6.07, 6.45) is 1.85. The summed E-state index contributed by atoms with van der Waals surface area (Å²) in [7, 11) is -3.62. The van der Waals surface area contributed by atoms with E-state index in [1.807, 2.05) is 6.92 Å². The van der Waals surface area contributed by atoms with E-state index in [-0.39, 0.29) is 0 Å². The second-order valence-electron chi connectivity index (χ2n) is 3.27. The zero-order chi connectivity index (χ0) is 11.9. The molecule has 0 aromatic rings. The molecule has 90 valence electrons. The summed E-state index contributed by atoms with van der Waals surface area (Å²) in [5.74, 6) is -0.595. The van der Waals surface area contributed by atoms with Gasteiger partial charge in [-0.05, 0) is 13.3 Å². The number of carbonyl (C=O) groups is 1. The van der Waals surface area contributed by atoms with Crippen molar-refractivity contribution in [3.05, 3.63) is 0 Å².